The molecule has 0 N–H and O–H groups in total. The molecule has 0 atom stereocenters. The van der Waals surface area contributed by atoms with Crippen molar-refractivity contribution in [3.05, 3.63) is 36.4 Å². The summed E-state index contributed by atoms with van der Waals surface area (Å²) in [6.45, 7) is -0.209. The summed E-state index contributed by atoms with van der Waals surface area (Å²) >= 11 is 0. The molecular weight excluding hydrogens is 291 g/mol. The zero-order valence-electron chi connectivity index (χ0n) is 9.97. The Kier molecular flexibility index (Phi) is 4.27. The van der Waals surface area contributed by atoms with Gasteiger partial charge in [-0.05, 0) is 12.1 Å². The zero-order valence-corrected chi connectivity index (χ0v) is 11.5. The fourth-order valence-electron chi connectivity index (χ4n) is 1.82. The minimum atomic E-state index is -3.81. The molecule has 102 valence electrons. The van der Waals surface area contributed by atoms with Gasteiger partial charge in [-0.15, -0.1) is 0 Å². The first-order valence-corrected chi connectivity index (χ1v) is 8.00. The molecule has 0 aromatic heterocycles. The highest BCUT2D eigenvalue weighted by Crippen LogP contribution is 2.32. The molecule has 0 saturated carbocycles. The highest BCUT2D eigenvalue weighted by molar-refractivity contribution is 8.14. The van der Waals surface area contributed by atoms with E-state index in [1.54, 1.807) is 24.3 Å². The number of ether oxygens (including phenoxy) is 1. The molecule has 6 heteroatoms. The predicted molar refractivity (Wildman–Crippen MR) is 73.1 cm³/mol. The van der Waals surface area contributed by atoms with E-state index in [2.05, 4.69) is 0 Å². The Labute approximate surface area is 115 Å². The Bertz CT molecular complexity index is 685. The van der Waals surface area contributed by atoms with Crippen molar-refractivity contribution in [1.29, 1.82) is 0 Å². The second-order valence-corrected chi connectivity index (χ2v) is 6.47. The Hall–Kier alpha value is -1.33. The van der Waals surface area contributed by atoms with Crippen molar-refractivity contribution >= 4 is 30.5 Å². The van der Waals surface area contributed by atoms with Crippen LogP contribution in [0, 0.1) is 0 Å². The Morgan fingerprint density at radius 3 is 2.42 bits per heavy atom. The third-order valence-electron chi connectivity index (χ3n) is 2.64. The van der Waals surface area contributed by atoms with Crippen LogP contribution in [0.5, 0.6) is 5.75 Å². The molecule has 2 rings (SSSR count). The molecule has 2 aromatic carbocycles. The zero-order chi connectivity index (χ0) is 13.9. The second-order valence-electron chi connectivity index (χ2n) is 3.94. The molecule has 19 heavy (non-hydrogen) atoms. The van der Waals surface area contributed by atoms with E-state index in [-0.39, 0.29) is 11.5 Å². The number of benzene rings is 2. The number of rotatable bonds is 5. The fourth-order valence-corrected chi connectivity index (χ4v) is 2.89. The summed E-state index contributed by atoms with van der Waals surface area (Å²) in [6.07, 6.45) is 0.296. The number of fused-ring (bicyclic) bond motifs is 1. The van der Waals surface area contributed by atoms with Crippen LogP contribution in [0.4, 0.5) is 4.39 Å². The maximum absolute atomic E-state index is 12.1. The van der Waals surface area contributed by atoms with Crippen LogP contribution in [0.1, 0.15) is 6.42 Å². The summed E-state index contributed by atoms with van der Waals surface area (Å²) in [4.78, 5) is 0.0441. The second kappa shape index (κ2) is 5.75. The van der Waals surface area contributed by atoms with Crippen LogP contribution in [0.15, 0.2) is 41.3 Å². The van der Waals surface area contributed by atoms with Gasteiger partial charge in [0, 0.05) is 27.9 Å². The minimum Gasteiger partial charge on any atom is -0.493 e. The lowest BCUT2D eigenvalue weighted by Crippen LogP contribution is -2.00. The lowest BCUT2D eigenvalue weighted by atomic mass is 10.1. The van der Waals surface area contributed by atoms with Gasteiger partial charge in [0.15, 0.2) is 0 Å². The molecule has 0 fully saturated rings. The van der Waals surface area contributed by atoms with E-state index in [1.165, 1.54) is 12.1 Å². The van der Waals surface area contributed by atoms with E-state index in [0.29, 0.717) is 22.9 Å². The van der Waals surface area contributed by atoms with Gasteiger partial charge in [0.05, 0.1) is 18.2 Å². The Balaban J connectivity index is 2.52. The first-order chi connectivity index (χ1) is 9.04. The topological polar surface area (TPSA) is 43.4 Å². The third-order valence-corrected chi connectivity index (χ3v) is 4.02. The summed E-state index contributed by atoms with van der Waals surface area (Å²) in [5.41, 5.74) is 0. The summed E-state index contributed by atoms with van der Waals surface area (Å²) in [6, 6.07) is 9.83. The molecule has 0 saturated heterocycles. The van der Waals surface area contributed by atoms with E-state index in [9.17, 15) is 12.8 Å². The standard InChI is InChI=1S/C13H12ClFO3S/c14-19(16,17)13-7-6-12(18-9-3-8-15)10-4-1-2-5-11(10)13/h1-2,4-7H,3,8-9H2. The third kappa shape index (κ3) is 3.16. The molecule has 3 nitrogen and oxygen atoms in total. The van der Waals surface area contributed by atoms with Gasteiger partial charge in [-0.1, -0.05) is 24.3 Å². The fraction of sp³-hybridized carbons (Fsp3) is 0.231. The van der Waals surface area contributed by atoms with Gasteiger partial charge in [-0.25, -0.2) is 8.42 Å². The summed E-state index contributed by atoms with van der Waals surface area (Å²) < 4.78 is 40.5. The van der Waals surface area contributed by atoms with Gasteiger partial charge in [0.2, 0.25) is 0 Å². The van der Waals surface area contributed by atoms with Crippen LogP contribution in [0.25, 0.3) is 10.8 Å². The number of hydrogen-bond acceptors (Lipinski definition) is 3. The van der Waals surface area contributed by atoms with Crippen LogP contribution in [-0.4, -0.2) is 21.7 Å². The van der Waals surface area contributed by atoms with Crippen LogP contribution in [0.3, 0.4) is 0 Å². The first-order valence-electron chi connectivity index (χ1n) is 5.69. The molecule has 0 aliphatic rings. The van der Waals surface area contributed by atoms with Crippen molar-refractivity contribution in [3.63, 3.8) is 0 Å². The molecular formula is C13H12ClFO3S. The lowest BCUT2D eigenvalue weighted by Gasteiger charge is -2.10. The molecule has 0 aliphatic heterocycles. The molecule has 0 amide bonds. The smallest absolute Gasteiger partial charge is 0.261 e. The maximum atomic E-state index is 12.1. The predicted octanol–water partition coefficient (Wildman–Crippen LogP) is 3.51. The lowest BCUT2D eigenvalue weighted by molar-refractivity contribution is 0.292. The van der Waals surface area contributed by atoms with Crippen molar-refractivity contribution in [1.82, 2.24) is 0 Å². The quantitative estimate of drug-likeness (QED) is 0.627. The molecule has 0 radical (unpaired) electrons. The van der Waals surface area contributed by atoms with Crippen molar-refractivity contribution in [2.24, 2.45) is 0 Å². The van der Waals surface area contributed by atoms with Crippen LogP contribution >= 0.6 is 10.7 Å². The van der Waals surface area contributed by atoms with E-state index < -0.39 is 15.7 Å². The SMILES string of the molecule is O=S(=O)(Cl)c1ccc(OCCCF)c2ccccc12. The monoisotopic (exact) mass is 302 g/mol. The summed E-state index contributed by atoms with van der Waals surface area (Å²) in [5.74, 6) is 0.521. The highest BCUT2D eigenvalue weighted by Gasteiger charge is 2.16. The van der Waals surface area contributed by atoms with E-state index in [4.69, 9.17) is 15.4 Å². The Morgan fingerprint density at radius 1 is 1.11 bits per heavy atom. The maximum Gasteiger partial charge on any atom is 0.261 e. The molecule has 0 aliphatic carbocycles. The van der Waals surface area contributed by atoms with Crippen LogP contribution in [-0.2, 0) is 9.05 Å². The first kappa shape index (κ1) is 14.1. The van der Waals surface area contributed by atoms with E-state index in [0.717, 1.165) is 0 Å². The van der Waals surface area contributed by atoms with Crippen molar-refractivity contribution in [3.8, 4) is 5.75 Å². The van der Waals surface area contributed by atoms with Gasteiger partial charge in [-0.2, -0.15) is 0 Å². The largest absolute Gasteiger partial charge is 0.493 e. The summed E-state index contributed by atoms with van der Waals surface area (Å²) in [5, 5.41) is 1.14. The van der Waals surface area contributed by atoms with E-state index >= 15 is 0 Å². The van der Waals surface area contributed by atoms with Crippen LogP contribution in [0.2, 0.25) is 0 Å². The van der Waals surface area contributed by atoms with Gasteiger partial charge >= 0.3 is 0 Å². The number of halogens is 2. The molecule has 2 aromatic rings. The normalized spacial score (nSPS) is 11.7. The Morgan fingerprint density at radius 2 is 1.79 bits per heavy atom. The van der Waals surface area contributed by atoms with Gasteiger partial charge in [-0.3, -0.25) is 4.39 Å². The molecule has 0 spiro atoms. The number of alkyl halides is 1. The van der Waals surface area contributed by atoms with Crippen molar-refractivity contribution in [2.75, 3.05) is 13.3 Å². The minimum absolute atomic E-state index is 0.0441. The van der Waals surface area contributed by atoms with Crippen molar-refractivity contribution < 1.29 is 17.5 Å². The highest BCUT2D eigenvalue weighted by atomic mass is 35.7. The van der Waals surface area contributed by atoms with Crippen molar-refractivity contribution in [2.45, 2.75) is 11.3 Å². The molecule has 0 unspecified atom stereocenters. The van der Waals surface area contributed by atoms with Crippen LogP contribution < -0.4 is 4.74 Å². The molecule has 0 bridgehead atoms. The average Bonchev–Trinajstić information content (AvgIpc) is 2.37. The summed E-state index contributed by atoms with van der Waals surface area (Å²) in [7, 11) is 1.58. The van der Waals surface area contributed by atoms with Gasteiger partial charge in [0.1, 0.15) is 5.75 Å². The molecule has 0 heterocycles. The van der Waals surface area contributed by atoms with E-state index in [1.807, 2.05) is 0 Å². The average molecular weight is 303 g/mol. The van der Waals surface area contributed by atoms with Gasteiger partial charge in [0.25, 0.3) is 9.05 Å². The number of hydrogen-bond donors (Lipinski definition) is 0. The van der Waals surface area contributed by atoms with Gasteiger partial charge < -0.3 is 4.74 Å².